The molecule has 0 radical (unpaired) electrons. The average Bonchev–Trinajstić information content (AvgIpc) is 3.83. The van der Waals surface area contributed by atoms with Gasteiger partial charge < -0.3 is 49.9 Å². The van der Waals surface area contributed by atoms with Crippen LogP contribution in [-0.2, 0) is 37.4 Å². The van der Waals surface area contributed by atoms with Crippen LogP contribution < -0.4 is 33.1 Å². The highest BCUT2D eigenvalue weighted by molar-refractivity contribution is 7.98. The van der Waals surface area contributed by atoms with E-state index in [1.807, 2.05) is 6.26 Å². The van der Waals surface area contributed by atoms with Gasteiger partial charge in [-0.25, -0.2) is 9.59 Å². The number of amides is 3. The lowest BCUT2D eigenvalue weighted by Crippen LogP contribution is -2.44. The highest BCUT2D eigenvalue weighted by Crippen LogP contribution is 2.39. The molecule has 2 aromatic heterocycles. The number of hydrogen-bond donors (Lipinski definition) is 5. The van der Waals surface area contributed by atoms with Gasteiger partial charge in [0.15, 0.2) is 22.5 Å². The van der Waals surface area contributed by atoms with Crippen LogP contribution in [0.1, 0.15) is 84.9 Å². The molecule has 6 atom stereocenters. The van der Waals surface area contributed by atoms with Crippen molar-refractivity contribution in [2.75, 3.05) is 49.5 Å². The summed E-state index contributed by atoms with van der Waals surface area (Å²) in [6.07, 6.45) is -9.19. The number of hydrogen-bond acceptors (Lipinski definition) is 15. The number of rotatable bonds is 14. The maximum Gasteiger partial charge on any atom is 0.471 e. The molecule has 402 valence electrons. The summed E-state index contributed by atoms with van der Waals surface area (Å²) in [5, 5.41) is 16.0. The number of ether oxygens (including phenoxy) is 3. The number of anilines is 2. The Morgan fingerprint density at radius 1 is 0.792 bits per heavy atom. The topological polar surface area (TPSA) is 249 Å². The first-order chi connectivity index (χ1) is 33.0. The molecule has 19 nitrogen and oxygen atoms in total. The van der Waals surface area contributed by atoms with Crippen LogP contribution in [0.5, 0.6) is 0 Å². The van der Waals surface area contributed by atoms with Gasteiger partial charge in [0, 0.05) is 32.2 Å². The van der Waals surface area contributed by atoms with Crippen molar-refractivity contribution in [3.63, 3.8) is 0 Å². The highest BCUT2D eigenvalue weighted by atomic mass is 32.2. The summed E-state index contributed by atoms with van der Waals surface area (Å²) in [6.45, 7) is 21.5. The number of halogens is 6. The SMILES string of the molecule is CC(C)(C)[Si](C)(C)OCC1OC(n2cc(C#CCNC(=O)C(F)(F)F)c(N)nc2=O)CC1O.CSCOC1CC(n2cc(C#CCNC(=O)C(F)(F)F)c(NC(C)=O)nc2=O)OC1CO[Si](C)(C)C(C)(C)C. The predicted molar refractivity (Wildman–Crippen MR) is 260 cm³/mol. The second-order valence-electron chi connectivity index (χ2n) is 19.6. The Balaban J connectivity index is 0.000000386. The Labute approximate surface area is 419 Å². The summed E-state index contributed by atoms with van der Waals surface area (Å²) >= 11 is 1.49. The molecular weight excluding hydrogens is 1020 g/mol. The quantitative estimate of drug-likeness (QED) is 0.0740. The molecule has 2 aliphatic heterocycles. The van der Waals surface area contributed by atoms with E-state index in [2.05, 4.69) is 107 Å². The van der Waals surface area contributed by atoms with Crippen molar-refractivity contribution >= 4 is 57.8 Å². The van der Waals surface area contributed by atoms with Crippen LogP contribution in [0, 0.1) is 23.7 Å². The number of aliphatic hydroxyl groups excluding tert-OH is 1. The molecule has 0 aromatic carbocycles. The predicted octanol–water partition coefficient (Wildman–Crippen LogP) is 4.77. The minimum absolute atomic E-state index is 0.0197. The molecule has 6 unspecified atom stereocenters. The van der Waals surface area contributed by atoms with E-state index in [9.17, 15) is 55.4 Å². The second-order valence-corrected chi connectivity index (χ2v) is 30.1. The minimum Gasteiger partial charge on any atom is -0.414 e. The molecule has 0 bridgehead atoms. The molecule has 28 heteroatoms. The van der Waals surface area contributed by atoms with E-state index in [0.717, 1.165) is 4.57 Å². The van der Waals surface area contributed by atoms with E-state index in [1.165, 1.54) is 35.6 Å². The van der Waals surface area contributed by atoms with Gasteiger partial charge in [0.25, 0.3) is 0 Å². The first-order valence-electron chi connectivity index (χ1n) is 22.3. The smallest absolute Gasteiger partial charge is 0.414 e. The lowest BCUT2D eigenvalue weighted by molar-refractivity contribution is -0.173. The number of aliphatic hydroxyl groups is 1. The van der Waals surface area contributed by atoms with Crippen molar-refractivity contribution in [2.24, 2.45) is 0 Å². The molecule has 2 saturated heterocycles. The summed E-state index contributed by atoms with van der Waals surface area (Å²) in [5.41, 5.74) is 4.35. The van der Waals surface area contributed by atoms with Gasteiger partial charge in [0.1, 0.15) is 30.5 Å². The second kappa shape index (κ2) is 25.0. The maximum absolute atomic E-state index is 12.9. The largest absolute Gasteiger partial charge is 0.471 e. The van der Waals surface area contributed by atoms with Crippen LogP contribution in [0.2, 0.25) is 36.3 Å². The zero-order valence-electron chi connectivity index (χ0n) is 42.1. The highest BCUT2D eigenvalue weighted by Gasteiger charge is 2.44. The fourth-order valence-corrected chi connectivity index (χ4v) is 8.28. The van der Waals surface area contributed by atoms with Gasteiger partial charge in [-0.15, -0.1) is 11.8 Å². The van der Waals surface area contributed by atoms with Crippen molar-refractivity contribution in [1.82, 2.24) is 29.7 Å². The fourth-order valence-electron chi connectivity index (χ4n) is 5.94. The maximum atomic E-state index is 12.9. The molecule has 4 heterocycles. The third kappa shape index (κ3) is 17.7. The van der Waals surface area contributed by atoms with Gasteiger partial charge in [-0.2, -0.15) is 36.3 Å². The van der Waals surface area contributed by atoms with Crippen molar-refractivity contribution in [3.8, 4) is 23.7 Å². The number of nitrogen functional groups attached to an aromatic ring is 1. The van der Waals surface area contributed by atoms with Gasteiger partial charge in [0.2, 0.25) is 5.91 Å². The Kier molecular flexibility index (Phi) is 21.3. The van der Waals surface area contributed by atoms with Crippen LogP contribution in [0.25, 0.3) is 0 Å². The van der Waals surface area contributed by atoms with Gasteiger partial charge in [0.05, 0.1) is 55.6 Å². The Morgan fingerprint density at radius 2 is 1.24 bits per heavy atom. The molecule has 0 aliphatic carbocycles. The standard InChI is InChI=1S/C24H35F3N4O6SSi.C20H29F3N4O5Si/c1-15(32)29-20-16(9-8-10-28-21(33)24(25,26)27)12-31(22(34)30-20)19-11-17(35-14-38-5)18(37-19)13-36-39(6,7)23(2,3)4;1-19(2,3)33(4,5)31-11-14-13(28)9-15(32-14)27-10-12(16(24)26-18(27)30)7-6-8-25-17(29)20(21,22)23/h12,17-19H,10-11,13-14H2,1-7H3,(H,28,33)(H,29,30,32,34);10,13-15,28H,8-9,11H2,1-5H3,(H,25,29)(H2,24,26,30). The molecule has 0 spiro atoms. The number of alkyl halides is 6. The van der Waals surface area contributed by atoms with Crippen LogP contribution in [0.15, 0.2) is 22.0 Å². The zero-order chi connectivity index (χ0) is 54.8. The van der Waals surface area contributed by atoms with Crippen LogP contribution >= 0.6 is 11.8 Å². The first-order valence-corrected chi connectivity index (χ1v) is 29.5. The van der Waals surface area contributed by atoms with E-state index >= 15 is 0 Å². The normalized spacial score (nSPS) is 20.5. The summed E-state index contributed by atoms with van der Waals surface area (Å²) in [6, 6.07) is 0. The lowest BCUT2D eigenvalue weighted by atomic mass is 10.2. The Morgan fingerprint density at radius 3 is 1.71 bits per heavy atom. The fraction of sp³-hybridized carbons (Fsp3) is 0.659. The van der Waals surface area contributed by atoms with Crippen molar-refractivity contribution < 1.29 is 68.9 Å². The third-order valence-electron chi connectivity index (χ3n) is 12.1. The zero-order valence-corrected chi connectivity index (χ0v) is 45.0. The van der Waals surface area contributed by atoms with Crippen molar-refractivity contribution in [3.05, 3.63) is 44.5 Å². The molecule has 2 aromatic rings. The van der Waals surface area contributed by atoms with E-state index in [1.54, 1.807) is 10.6 Å². The summed E-state index contributed by atoms with van der Waals surface area (Å²) in [5.74, 6) is 4.99. The van der Waals surface area contributed by atoms with E-state index in [0.29, 0.717) is 12.4 Å². The van der Waals surface area contributed by atoms with Crippen LogP contribution in [0.3, 0.4) is 0 Å². The molecule has 2 aliphatic rings. The molecule has 72 heavy (non-hydrogen) atoms. The minimum atomic E-state index is -5.04. The lowest BCUT2D eigenvalue weighted by Gasteiger charge is -2.37. The number of aromatic nitrogens is 4. The molecule has 3 amide bonds. The van der Waals surface area contributed by atoms with Gasteiger partial charge in [-0.1, -0.05) is 65.2 Å². The summed E-state index contributed by atoms with van der Waals surface area (Å²) in [4.78, 5) is 66.2. The summed E-state index contributed by atoms with van der Waals surface area (Å²) in [7, 11) is -4.17. The molecule has 6 N–H and O–H groups in total. The Bertz CT molecular complexity index is 2490. The number of carbonyl (C=O) groups excluding carboxylic acids is 3. The number of thioether (sulfide) groups is 1. The average molecular weight is 1080 g/mol. The number of nitrogens with two attached hydrogens (primary N) is 1. The Hall–Kier alpha value is -4.79. The number of carbonyl (C=O) groups is 3. The molecule has 0 saturated carbocycles. The first kappa shape index (κ1) is 61.5. The van der Waals surface area contributed by atoms with Crippen molar-refractivity contribution in [1.29, 1.82) is 0 Å². The molecule has 4 rings (SSSR count). The number of nitrogens with zero attached hydrogens (tertiary/aromatic N) is 4. The molecular formula is C44H64F6N8O11SSi2. The monoisotopic (exact) mass is 1080 g/mol. The van der Waals surface area contributed by atoms with E-state index in [4.69, 9.17) is 28.8 Å². The number of nitrogens with one attached hydrogen (secondary N) is 3. The van der Waals surface area contributed by atoms with Gasteiger partial charge in [-0.3, -0.25) is 23.5 Å². The van der Waals surface area contributed by atoms with Crippen LogP contribution in [-0.4, -0.2) is 134 Å². The molecule has 2 fully saturated rings. The van der Waals surface area contributed by atoms with Gasteiger partial charge in [-0.05, 0) is 42.5 Å². The van der Waals surface area contributed by atoms with E-state index in [-0.39, 0.29) is 58.6 Å². The van der Waals surface area contributed by atoms with Crippen LogP contribution in [0.4, 0.5) is 38.0 Å². The van der Waals surface area contributed by atoms with E-state index < -0.39 is 102 Å². The van der Waals surface area contributed by atoms with Gasteiger partial charge >= 0.3 is 35.5 Å². The third-order valence-corrected chi connectivity index (χ3v) is 21.5. The summed E-state index contributed by atoms with van der Waals surface area (Å²) < 4.78 is 107. The van der Waals surface area contributed by atoms with Crippen molar-refractivity contribution in [2.45, 2.75) is 147 Å².